The van der Waals surface area contributed by atoms with Crippen molar-refractivity contribution in [3.8, 4) is 0 Å². The van der Waals surface area contributed by atoms with Crippen LogP contribution in [0.1, 0.15) is 28.0 Å². The zero-order valence-corrected chi connectivity index (χ0v) is 11.7. The first-order chi connectivity index (χ1) is 8.04. The lowest BCUT2D eigenvalue weighted by molar-refractivity contribution is 0.487. The van der Waals surface area contributed by atoms with Crippen molar-refractivity contribution >= 4 is 22.1 Å². The van der Waals surface area contributed by atoms with E-state index < -0.39 is 10.8 Å². The first-order valence-corrected chi connectivity index (χ1v) is 7.60. The lowest BCUT2D eigenvalue weighted by Gasteiger charge is -1.96. The molecule has 0 unspecified atom stereocenters. The number of aryl methyl sites for hydroxylation is 3. The number of oxazole rings is 1. The molecule has 1 atom stereocenters. The fourth-order valence-electron chi connectivity index (χ4n) is 1.43. The maximum Gasteiger partial charge on any atom is 0.207 e. The second kappa shape index (κ2) is 5.10. The van der Waals surface area contributed by atoms with E-state index in [1.54, 1.807) is 11.3 Å². The average molecular weight is 270 g/mol. The van der Waals surface area contributed by atoms with Crippen LogP contribution in [0.15, 0.2) is 9.80 Å². The molecule has 0 bridgehead atoms. The lowest BCUT2D eigenvalue weighted by atomic mass is 10.4. The van der Waals surface area contributed by atoms with Crippen LogP contribution < -0.4 is 0 Å². The zero-order valence-electron chi connectivity index (χ0n) is 10.0. The largest absolute Gasteiger partial charge is 0.445 e. The van der Waals surface area contributed by atoms with Crippen LogP contribution in [0.4, 0.5) is 0 Å². The molecular weight excluding hydrogens is 256 g/mol. The molecule has 0 aromatic carbocycles. The predicted octanol–water partition coefficient (Wildman–Crippen LogP) is 2.51. The Hall–Kier alpha value is -1.01. The summed E-state index contributed by atoms with van der Waals surface area (Å²) in [7, 11) is -1.02. The third kappa shape index (κ3) is 3.23. The van der Waals surface area contributed by atoms with Crippen LogP contribution in [0.5, 0.6) is 0 Å². The summed E-state index contributed by atoms with van der Waals surface area (Å²) in [5, 5.41) is 2.94. The van der Waals surface area contributed by atoms with Crippen molar-refractivity contribution in [2.24, 2.45) is 0 Å². The van der Waals surface area contributed by atoms with E-state index in [1.807, 2.05) is 26.2 Å². The van der Waals surface area contributed by atoms with Gasteiger partial charge in [-0.2, -0.15) is 0 Å². The molecule has 0 aliphatic carbocycles. The molecule has 0 N–H and O–H groups in total. The number of hydrogen-bond donors (Lipinski definition) is 0. The van der Waals surface area contributed by atoms with E-state index in [1.165, 1.54) is 0 Å². The Morgan fingerprint density at radius 1 is 1.29 bits per heavy atom. The number of hydrogen-bond acceptors (Lipinski definition) is 5. The van der Waals surface area contributed by atoms with Gasteiger partial charge < -0.3 is 4.42 Å². The number of rotatable bonds is 4. The van der Waals surface area contributed by atoms with Crippen molar-refractivity contribution in [1.29, 1.82) is 0 Å². The van der Waals surface area contributed by atoms with Crippen LogP contribution in [0.3, 0.4) is 0 Å². The van der Waals surface area contributed by atoms with E-state index in [0.717, 1.165) is 22.2 Å². The van der Waals surface area contributed by atoms with Crippen molar-refractivity contribution < 1.29 is 8.63 Å². The smallest absolute Gasteiger partial charge is 0.207 e. The van der Waals surface area contributed by atoms with Crippen LogP contribution in [-0.2, 0) is 22.3 Å². The molecule has 0 amide bonds. The summed E-state index contributed by atoms with van der Waals surface area (Å²) in [4.78, 5) is 8.51. The maximum absolute atomic E-state index is 11.9. The minimum atomic E-state index is -1.02. The molecule has 0 spiro atoms. The van der Waals surface area contributed by atoms with Gasteiger partial charge in [0.05, 0.1) is 22.1 Å². The van der Waals surface area contributed by atoms with Gasteiger partial charge in [0.25, 0.3) is 0 Å². The van der Waals surface area contributed by atoms with Crippen molar-refractivity contribution in [1.82, 2.24) is 9.97 Å². The topological polar surface area (TPSA) is 56.0 Å². The summed E-state index contributed by atoms with van der Waals surface area (Å²) < 4.78 is 17.3. The minimum absolute atomic E-state index is 0.352. The Morgan fingerprint density at radius 3 is 2.59 bits per heavy atom. The molecule has 0 saturated carbocycles. The van der Waals surface area contributed by atoms with Crippen LogP contribution >= 0.6 is 11.3 Å². The molecule has 0 radical (unpaired) electrons. The predicted molar refractivity (Wildman–Crippen MR) is 68.4 cm³/mol. The van der Waals surface area contributed by atoms with Gasteiger partial charge in [0, 0.05) is 16.2 Å². The number of thiazole rings is 1. The van der Waals surface area contributed by atoms with Gasteiger partial charge >= 0.3 is 0 Å². The highest BCUT2D eigenvalue weighted by atomic mass is 32.2. The van der Waals surface area contributed by atoms with Gasteiger partial charge in [-0.3, -0.25) is 4.21 Å². The van der Waals surface area contributed by atoms with Crippen molar-refractivity contribution in [2.45, 2.75) is 32.3 Å². The van der Waals surface area contributed by atoms with Crippen LogP contribution in [0.25, 0.3) is 0 Å². The molecule has 2 aromatic rings. The number of aromatic nitrogens is 2. The standard InChI is InChI=1S/C11H14N2O2S2/c1-7-8(2)15-11(12-7)6-17(14)5-10-4-16-9(3)13-10/h4H,5-6H2,1-3H3/t17-/m0/s1. The number of nitrogens with zero attached hydrogens (tertiary/aromatic N) is 2. The van der Waals surface area contributed by atoms with Crippen LogP contribution in [-0.4, -0.2) is 14.2 Å². The van der Waals surface area contributed by atoms with E-state index in [-0.39, 0.29) is 0 Å². The van der Waals surface area contributed by atoms with Gasteiger partial charge in [0.1, 0.15) is 11.5 Å². The second-order valence-electron chi connectivity index (χ2n) is 3.84. The van der Waals surface area contributed by atoms with Gasteiger partial charge in [-0.1, -0.05) is 0 Å². The summed E-state index contributed by atoms with van der Waals surface area (Å²) in [6, 6.07) is 0. The van der Waals surface area contributed by atoms with E-state index in [0.29, 0.717) is 17.4 Å². The van der Waals surface area contributed by atoms with E-state index in [4.69, 9.17) is 4.42 Å². The average Bonchev–Trinajstić information content (AvgIpc) is 2.75. The molecule has 17 heavy (non-hydrogen) atoms. The molecule has 2 heterocycles. The summed E-state index contributed by atoms with van der Waals surface area (Å²) >= 11 is 1.57. The monoisotopic (exact) mass is 270 g/mol. The quantitative estimate of drug-likeness (QED) is 0.856. The van der Waals surface area contributed by atoms with Crippen molar-refractivity contribution in [2.75, 3.05) is 0 Å². The molecule has 92 valence electrons. The Kier molecular flexibility index (Phi) is 3.73. The zero-order chi connectivity index (χ0) is 12.4. The molecule has 2 rings (SSSR count). The van der Waals surface area contributed by atoms with Crippen LogP contribution in [0.2, 0.25) is 0 Å². The molecular formula is C11H14N2O2S2. The highest BCUT2D eigenvalue weighted by molar-refractivity contribution is 7.83. The molecule has 0 aliphatic rings. The summed E-state index contributed by atoms with van der Waals surface area (Å²) in [5.41, 5.74) is 1.74. The van der Waals surface area contributed by atoms with Gasteiger partial charge in [-0.25, -0.2) is 9.97 Å². The Labute approximate surface area is 107 Å². The van der Waals surface area contributed by atoms with Crippen molar-refractivity contribution in [3.05, 3.63) is 33.4 Å². The first kappa shape index (κ1) is 12.4. The normalized spacial score (nSPS) is 12.9. The molecule has 4 nitrogen and oxygen atoms in total. The van der Waals surface area contributed by atoms with E-state index >= 15 is 0 Å². The summed E-state index contributed by atoms with van der Waals surface area (Å²) in [5.74, 6) is 2.16. The molecule has 0 fully saturated rings. The fraction of sp³-hybridized carbons (Fsp3) is 0.455. The highest BCUT2D eigenvalue weighted by Gasteiger charge is 2.11. The Bertz CT molecular complexity index is 526. The van der Waals surface area contributed by atoms with Crippen LogP contribution in [0, 0.1) is 20.8 Å². The van der Waals surface area contributed by atoms with Gasteiger partial charge in [-0.15, -0.1) is 11.3 Å². The Morgan fingerprint density at radius 2 is 2.06 bits per heavy atom. The third-order valence-corrected chi connectivity index (χ3v) is 4.34. The molecule has 6 heteroatoms. The summed E-state index contributed by atoms with van der Waals surface area (Å²) in [6.07, 6.45) is 0. The maximum atomic E-state index is 11.9. The minimum Gasteiger partial charge on any atom is -0.445 e. The molecule has 0 aliphatic heterocycles. The molecule has 0 saturated heterocycles. The molecule has 2 aromatic heterocycles. The van der Waals surface area contributed by atoms with Gasteiger partial charge in [-0.05, 0) is 20.8 Å². The highest BCUT2D eigenvalue weighted by Crippen LogP contribution is 2.14. The first-order valence-electron chi connectivity index (χ1n) is 5.23. The third-order valence-electron chi connectivity index (χ3n) is 2.33. The van der Waals surface area contributed by atoms with Gasteiger partial charge in [0.15, 0.2) is 0 Å². The van der Waals surface area contributed by atoms with Gasteiger partial charge in [0.2, 0.25) is 5.89 Å². The summed E-state index contributed by atoms with van der Waals surface area (Å²) in [6.45, 7) is 5.69. The second-order valence-corrected chi connectivity index (χ2v) is 6.35. The van der Waals surface area contributed by atoms with E-state index in [9.17, 15) is 4.21 Å². The Balaban J connectivity index is 1.97. The lowest BCUT2D eigenvalue weighted by Crippen LogP contribution is -2.00. The SMILES string of the molecule is Cc1nc(C[S@](=O)Cc2nc(C)c(C)o2)cs1. The van der Waals surface area contributed by atoms with Crippen molar-refractivity contribution in [3.63, 3.8) is 0 Å². The fourth-order valence-corrected chi connectivity index (χ4v) is 3.13. The van der Waals surface area contributed by atoms with E-state index in [2.05, 4.69) is 9.97 Å².